The first-order chi connectivity index (χ1) is 7.06. The second kappa shape index (κ2) is 4.08. The lowest BCUT2D eigenvalue weighted by molar-refractivity contribution is -0.121. The Morgan fingerprint density at radius 2 is 1.47 bits per heavy atom. The minimum absolute atomic E-state index is 0.222. The van der Waals surface area contributed by atoms with E-state index in [2.05, 4.69) is 13.8 Å². The topological polar surface area (TPSA) is 20.2 Å². The van der Waals surface area contributed by atoms with Crippen LogP contribution in [0.2, 0.25) is 0 Å². The van der Waals surface area contributed by atoms with Gasteiger partial charge in [0, 0.05) is 0 Å². The van der Waals surface area contributed by atoms with Gasteiger partial charge >= 0.3 is 0 Å². The predicted octanol–water partition coefficient (Wildman–Crippen LogP) is 3.90. The molecule has 0 bridgehead atoms. The number of hydrogen-bond donors (Lipinski definition) is 1. The number of aliphatic hydroxyl groups is 1. The second-order valence-corrected chi connectivity index (χ2v) is 6.34. The largest absolute Gasteiger partial charge is 0.389 e. The summed E-state index contributed by atoms with van der Waals surface area (Å²) in [4.78, 5) is 0. The van der Waals surface area contributed by atoms with Gasteiger partial charge in [-0.05, 0) is 37.0 Å². The fourth-order valence-electron chi connectivity index (χ4n) is 3.60. The zero-order chi connectivity index (χ0) is 10.9. The Labute approximate surface area is 94.3 Å². The van der Waals surface area contributed by atoms with Crippen LogP contribution in [0.3, 0.4) is 0 Å². The summed E-state index contributed by atoms with van der Waals surface area (Å²) in [5.41, 5.74) is -0.106. The van der Waals surface area contributed by atoms with Gasteiger partial charge in [0.15, 0.2) is 0 Å². The van der Waals surface area contributed by atoms with Crippen LogP contribution in [0.4, 0.5) is 0 Å². The van der Waals surface area contributed by atoms with E-state index < -0.39 is 0 Å². The van der Waals surface area contributed by atoms with Gasteiger partial charge in [-0.2, -0.15) is 0 Å². The van der Waals surface area contributed by atoms with Crippen LogP contribution in [-0.2, 0) is 0 Å². The maximum atomic E-state index is 10.8. The Morgan fingerprint density at radius 3 is 2.00 bits per heavy atom. The molecule has 1 nitrogen and oxygen atoms in total. The van der Waals surface area contributed by atoms with E-state index in [-0.39, 0.29) is 11.0 Å². The average molecular weight is 210 g/mol. The standard InChI is InChI=1S/C14H26O/c1-12-6-10-13(2,11-7-12)14(15)8-4-3-5-9-14/h12,15H,3-11H2,1-2H3. The summed E-state index contributed by atoms with van der Waals surface area (Å²) in [5.74, 6) is 0.880. The Balaban J connectivity index is 2.06. The van der Waals surface area contributed by atoms with E-state index in [0.29, 0.717) is 0 Å². The molecule has 2 aliphatic carbocycles. The van der Waals surface area contributed by atoms with Crippen molar-refractivity contribution in [3.8, 4) is 0 Å². The van der Waals surface area contributed by atoms with Gasteiger partial charge in [-0.15, -0.1) is 0 Å². The summed E-state index contributed by atoms with van der Waals surface area (Å²) in [5, 5.41) is 10.8. The first-order valence-corrected chi connectivity index (χ1v) is 6.78. The summed E-state index contributed by atoms with van der Waals surface area (Å²) >= 11 is 0. The maximum Gasteiger partial charge on any atom is 0.0701 e. The highest BCUT2D eigenvalue weighted by Gasteiger charge is 2.47. The van der Waals surface area contributed by atoms with Crippen molar-refractivity contribution < 1.29 is 5.11 Å². The van der Waals surface area contributed by atoms with Crippen LogP contribution in [0.25, 0.3) is 0 Å². The molecule has 0 atom stereocenters. The van der Waals surface area contributed by atoms with Gasteiger partial charge < -0.3 is 5.11 Å². The third-order valence-corrected chi connectivity index (χ3v) is 5.18. The van der Waals surface area contributed by atoms with Crippen LogP contribution < -0.4 is 0 Å². The van der Waals surface area contributed by atoms with E-state index in [1.54, 1.807) is 0 Å². The molecule has 0 aromatic heterocycles. The SMILES string of the molecule is CC1CCC(C)(C2(O)CCCCC2)CC1. The van der Waals surface area contributed by atoms with Crippen LogP contribution in [0.5, 0.6) is 0 Å². The van der Waals surface area contributed by atoms with Gasteiger partial charge in [-0.25, -0.2) is 0 Å². The summed E-state index contributed by atoms with van der Waals surface area (Å²) in [6.45, 7) is 4.69. The lowest BCUT2D eigenvalue weighted by atomic mass is 9.58. The van der Waals surface area contributed by atoms with Crippen molar-refractivity contribution in [1.82, 2.24) is 0 Å². The Morgan fingerprint density at radius 1 is 0.933 bits per heavy atom. The monoisotopic (exact) mass is 210 g/mol. The van der Waals surface area contributed by atoms with E-state index >= 15 is 0 Å². The van der Waals surface area contributed by atoms with E-state index in [0.717, 1.165) is 18.8 Å². The normalized spacial score (nSPS) is 41.4. The molecule has 15 heavy (non-hydrogen) atoms. The van der Waals surface area contributed by atoms with Crippen molar-refractivity contribution in [3.05, 3.63) is 0 Å². The quantitative estimate of drug-likeness (QED) is 0.696. The average Bonchev–Trinajstić information content (AvgIpc) is 2.24. The lowest BCUT2D eigenvalue weighted by Crippen LogP contribution is -2.49. The molecule has 88 valence electrons. The molecule has 2 aliphatic rings. The van der Waals surface area contributed by atoms with Crippen LogP contribution in [0.1, 0.15) is 71.6 Å². The third kappa shape index (κ3) is 2.08. The molecule has 2 rings (SSSR count). The fraction of sp³-hybridized carbons (Fsp3) is 1.00. The van der Waals surface area contributed by atoms with Crippen LogP contribution in [0, 0.1) is 11.3 Å². The van der Waals surface area contributed by atoms with Crippen LogP contribution in [-0.4, -0.2) is 10.7 Å². The number of hydrogen-bond acceptors (Lipinski definition) is 1. The summed E-state index contributed by atoms with van der Waals surface area (Å²) in [7, 11) is 0. The van der Waals surface area contributed by atoms with Crippen LogP contribution in [0.15, 0.2) is 0 Å². The van der Waals surface area contributed by atoms with E-state index in [1.165, 1.54) is 44.9 Å². The Kier molecular flexibility index (Phi) is 3.12. The smallest absolute Gasteiger partial charge is 0.0701 e. The van der Waals surface area contributed by atoms with Crippen molar-refractivity contribution in [3.63, 3.8) is 0 Å². The third-order valence-electron chi connectivity index (χ3n) is 5.18. The van der Waals surface area contributed by atoms with E-state index in [1.807, 2.05) is 0 Å². The van der Waals surface area contributed by atoms with Gasteiger partial charge in [-0.1, -0.05) is 46.0 Å². The molecule has 0 amide bonds. The minimum atomic E-state index is -0.328. The zero-order valence-corrected chi connectivity index (χ0v) is 10.4. The summed E-state index contributed by atoms with van der Waals surface area (Å²) in [6.07, 6.45) is 11.0. The van der Waals surface area contributed by atoms with E-state index in [9.17, 15) is 5.11 Å². The molecule has 0 aliphatic heterocycles. The molecule has 0 heterocycles. The van der Waals surface area contributed by atoms with Crippen molar-refractivity contribution in [2.75, 3.05) is 0 Å². The molecule has 1 N–H and O–H groups in total. The van der Waals surface area contributed by atoms with Crippen molar-refractivity contribution in [1.29, 1.82) is 0 Å². The molecule has 2 fully saturated rings. The van der Waals surface area contributed by atoms with Gasteiger partial charge in [0.2, 0.25) is 0 Å². The molecular weight excluding hydrogens is 184 g/mol. The van der Waals surface area contributed by atoms with Crippen LogP contribution >= 0.6 is 0 Å². The van der Waals surface area contributed by atoms with Gasteiger partial charge in [0.25, 0.3) is 0 Å². The molecule has 1 heteroatoms. The van der Waals surface area contributed by atoms with Crippen molar-refractivity contribution in [2.45, 2.75) is 77.2 Å². The molecule has 0 aromatic carbocycles. The number of rotatable bonds is 1. The summed E-state index contributed by atoms with van der Waals surface area (Å²) < 4.78 is 0. The molecular formula is C14H26O. The van der Waals surface area contributed by atoms with Gasteiger partial charge in [0.05, 0.1) is 5.60 Å². The van der Waals surface area contributed by atoms with Crippen molar-refractivity contribution in [2.24, 2.45) is 11.3 Å². The Bertz CT molecular complexity index is 207. The fourth-order valence-corrected chi connectivity index (χ4v) is 3.60. The van der Waals surface area contributed by atoms with Gasteiger partial charge in [0.1, 0.15) is 0 Å². The molecule has 2 saturated carbocycles. The molecule has 0 unspecified atom stereocenters. The minimum Gasteiger partial charge on any atom is -0.389 e. The molecule has 0 aromatic rings. The first kappa shape index (κ1) is 11.4. The first-order valence-electron chi connectivity index (χ1n) is 6.78. The highest BCUT2D eigenvalue weighted by Crippen LogP contribution is 2.51. The highest BCUT2D eigenvalue weighted by molar-refractivity contribution is 4.99. The maximum absolute atomic E-state index is 10.8. The Hall–Kier alpha value is -0.0400. The highest BCUT2D eigenvalue weighted by atomic mass is 16.3. The second-order valence-electron chi connectivity index (χ2n) is 6.34. The van der Waals surface area contributed by atoms with Crippen molar-refractivity contribution >= 4 is 0 Å². The van der Waals surface area contributed by atoms with E-state index in [4.69, 9.17) is 0 Å². The molecule has 0 saturated heterocycles. The lowest BCUT2D eigenvalue weighted by Gasteiger charge is -2.50. The molecule has 0 radical (unpaired) electrons. The zero-order valence-electron chi connectivity index (χ0n) is 10.4. The summed E-state index contributed by atoms with van der Waals surface area (Å²) in [6, 6.07) is 0. The predicted molar refractivity (Wildman–Crippen MR) is 63.8 cm³/mol. The molecule has 0 spiro atoms. The van der Waals surface area contributed by atoms with Gasteiger partial charge in [-0.3, -0.25) is 0 Å².